The van der Waals surface area contributed by atoms with Gasteiger partial charge in [0.2, 0.25) is 0 Å². The summed E-state index contributed by atoms with van der Waals surface area (Å²) in [5, 5.41) is 3.98. The molecule has 0 aliphatic heterocycles. The fourth-order valence-corrected chi connectivity index (χ4v) is 3.31. The minimum Gasteiger partial charge on any atom is -0.352 e. The van der Waals surface area contributed by atoms with Gasteiger partial charge in [-0.1, -0.05) is 24.6 Å². The zero-order chi connectivity index (χ0) is 14.7. The first-order chi connectivity index (χ1) is 10.3. The molecule has 1 aromatic heterocycles. The number of para-hydroxylation sites is 1. The molecular formula is C17H21N3O. The summed E-state index contributed by atoms with van der Waals surface area (Å²) in [6.45, 7) is 1.44. The summed E-state index contributed by atoms with van der Waals surface area (Å²) in [7, 11) is 0. The Morgan fingerprint density at radius 2 is 2.05 bits per heavy atom. The van der Waals surface area contributed by atoms with Crippen molar-refractivity contribution in [1.82, 2.24) is 10.3 Å². The van der Waals surface area contributed by atoms with E-state index in [0.29, 0.717) is 17.4 Å². The quantitative estimate of drug-likeness (QED) is 0.905. The average Bonchev–Trinajstić information content (AvgIpc) is 2.99. The highest BCUT2D eigenvalue weighted by Crippen LogP contribution is 2.30. The summed E-state index contributed by atoms with van der Waals surface area (Å²) in [6.07, 6.45) is 5.27. The number of hydrogen-bond acceptors (Lipinski definition) is 3. The van der Waals surface area contributed by atoms with Gasteiger partial charge < -0.3 is 11.1 Å². The van der Waals surface area contributed by atoms with E-state index in [-0.39, 0.29) is 5.91 Å². The molecule has 2 aromatic rings. The summed E-state index contributed by atoms with van der Waals surface area (Å²) in [6, 6.07) is 9.51. The van der Waals surface area contributed by atoms with Crippen LogP contribution in [0.5, 0.6) is 0 Å². The van der Waals surface area contributed by atoms with E-state index in [4.69, 9.17) is 5.73 Å². The van der Waals surface area contributed by atoms with Gasteiger partial charge in [-0.15, -0.1) is 0 Å². The molecule has 4 heteroatoms. The smallest absolute Gasteiger partial charge is 0.252 e. The first kappa shape index (κ1) is 14.0. The predicted molar refractivity (Wildman–Crippen MR) is 84.0 cm³/mol. The van der Waals surface area contributed by atoms with E-state index in [1.165, 1.54) is 19.3 Å². The Bertz CT molecular complexity index is 635. The molecule has 2 unspecified atom stereocenters. The Labute approximate surface area is 124 Å². The number of benzene rings is 1. The lowest BCUT2D eigenvalue weighted by atomic mass is 9.96. The number of nitrogens with one attached hydrogen (secondary N) is 1. The maximum Gasteiger partial charge on any atom is 0.252 e. The normalized spacial score (nSPS) is 21.6. The van der Waals surface area contributed by atoms with Crippen LogP contribution >= 0.6 is 0 Å². The maximum atomic E-state index is 12.4. The highest BCUT2D eigenvalue weighted by Gasteiger charge is 2.26. The van der Waals surface area contributed by atoms with Crippen molar-refractivity contribution in [3.63, 3.8) is 0 Å². The van der Waals surface area contributed by atoms with Crippen LogP contribution in [0, 0.1) is 11.8 Å². The van der Waals surface area contributed by atoms with Crippen LogP contribution in [-0.4, -0.2) is 24.0 Å². The SMILES string of the molecule is NCC1CCCC1CNC(=O)c1ccnc2ccccc12. The molecular weight excluding hydrogens is 262 g/mol. The van der Waals surface area contributed by atoms with Crippen molar-refractivity contribution < 1.29 is 4.79 Å². The van der Waals surface area contributed by atoms with Crippen LogP contribution in [0.3, 0.4) is 0 Å². The third-order valence-corrected chi connectivity index (χ3v) is 4.54. The summed E-state index contributed by atoms with van der Waals surface area (Å²) >= 11 is 0. The number of nitrogens with two attached hydrogens (primary N) is 1. The molecule has 110 valence electrons. The maximum absolute atomic E-state index is 12.4. The number of hydrogen-bond donors (Lipinski definition) is 2. The number of carbonyl (C=O) groups excluding carboxylic acids is 1. The van der Waals surface area contributed by atoms with Gasteiger partial charge in [0.25, 0.3) is 5.91 Å². The van der Waals surface area contributed by atoms with Gasteiger partial charge in [0.05, 0.1) is 11.1 Å². The van der Waals surface area contributed by atoms with E-state index in [2.05, 4.69) is 10.3 Å². The van der Waals surface area contributed by atoms with Crippen molar-refractivity contribution >= 4 is 16.8 Å². The number of rotatable bonds is 4. The van der Waals surface area contributed by atoms with Crippen molar-refractivity contribution in [3.8, 4) is 0 Å². The van der Waals surface area contributed by atoms with E-state index in [0.717, 1.165) is 24.0 Å². The third-order valence-electron chi connectivity index (χ3n) is 4.54. The molecule has 1 aliphatic rings. The molecule has 1 amide bonds. The second-order valence-corrected chi connectivity index (χ2v) is 5.77. The van der Waals surface area contributed by atoms with E-state index in [1.54, 1.807) is 12.3 Å². The highest BCUT2D eigenvalue weighted by molar-refractivity contribution is 6.05. The van der Waals surface area contributed by atoms with Gasteiger partial charge in [-0.2, -0.15) is 0 Å². The number of fused-ring (bicyclic) bond motifs is 1. The van der Waals surface area contributed by atoms with Crippen LogP contribution in [0.4, 0.5) is 0 Å². The van der Waals surface area contributed by atoms with Crippen LogP contribution in [0.1, 0.15) is 29.6 Å². The number of carbonyl (C=O) groups is 1. The lowest BCUT2D eigenvalue weighted by Gasteiger charge is -2.18. The molecule has 0 spiro atoms. The number of pyridine rings is 1. The molecule has 1 aliphatic carbocycles. The highest BCUT2D eigenvalue weighted by atomic mass is 16.1. The Hall–Kier alpha value is -1.94. The number of amides is 1. The zero-order valence-corrected chi connectivity index (χ0v) is 12.1. The largest absolute Gasteiger partial charge is 0.352 e. The molecule has 1 heterocycles. The van der Waals surface area contributed by atoms with Crippen LogP contribution in [0.25, 0.3) is 10.9 Å². The summed E-state index contributed by atoms with van der Waals surface area (Å²) in [5.41, 5.74) is 7.34. The Kier molecular flexibility index (Phi) is 4.15. The molecule has 3 N–H and O–H groups in total. The van der Waals surface area contributed by atoms with Crippen molar-refractivity contribution in [3.05, 3.63) is 42.1 Å². The van der Waals surface area contributed by atoms with E-state index in [1.807, 2.05) is 24.3 Å². The van der Waals surface area contributed by atoms with Gasteiger partial charge in [-0.05, 0) is 43.4 Å². The van der Waals surface area contributed by atoms with Gasteiger partial charge in [0, 0.05) is 18.1 Å². The molecule has 1 saturated carbocycles. The van der Waals surface area contributed by atoms with E-state index >= 15 is 0 Å². The van der Waals surface area contributed by atoms with Crippen LogP contribution in [0.15, 0.2) is 36.5 Å². The van der Waals surface area contributed by atoms with Crippen molar-refractivity contribution in [1.29, 1.82) is 0 Å². The Morgan fingerprint density at radius 1 is 1.24 bits per heavy atom. The van der Waals surface area contributed by atoms with Crippen LogP contribution in [0.2, 0.25) is 0 Å². The first-order valence-corrected chi connectivity index (χ1v) is 7.61. The average molecular weight is 283 g/mol. The van der Waals surface area contributed by atoms with Crippen LogP contribution < -0.4 is 11.1 Å². The molecule has 2 atom stereocenters. The minimum absolute atomic E-state index is 0.0173. The van der Waals surface area contributed by atoms with Gasteiger partial charge >= 0.3 is 0 Å². The topological polar surface area (TPSA) is 68.0 Å². The molecule has 1 fully saturated rings. The summed E-state index contributed by atoms with van der Waals surface area (Å²) in [5.74, 6) is 1.06. The van der Waals surface area contributed by atoms with Crippen molar-refractivity contribution in [2.75, 3.05) is 13.1 Å². The molecule has 21 heavy (non-hydrogen) atoms. The van der Waals surface area contributed by atoms with Gasteiger partial charge in [-0.25, -0.2) is 0 Å². The van der Waals surface area contributed by atoms with E-state index in [9.17, 15) is 4.79 Å². The first-order valence-electron chi connectivity index (χ1n) is 7.61. The second-order valence-electron chi connectivity index (χ2n) is 5.77. The molecule has 0 bridgehead atoms. The molecule has 4 nitrogen and oxygen atoms in total. The van der Waals surface area contributed by atoms with Crippen LogP contribution in [-0.2, 0) is 0 Å². The van der Waals surface area contributed by atoms with E-state index < -0.39 is 0 Å². The van der Waals surface area contributed by atoms with Gasteiger partial charge in [-0.3, -0.25) is 9.78 Å². The van der Waals surface area contributed by atoms with Gasteiger partial charge in [0.1, 0.15) is 0 Å². The number of nitrogens with zero attached hydrogens (tertiary/aromatic N) is 1. The lowest BCUT2D eigenvalue weighted by Crippen LogP contribution is -2.32. The minimum atomic E-state index is -0.0173. The zero-order valence-electron chi connectivity index (χ0n) is 12.1. The fourth-order valence-electron chi connectivity index (χ4n) is 3.31. The third kappa shape index (κ3) is 2.90. The molecule has 0 saturated heterocycles. The summed E-state index contributed by atoms with van der Waals surface area (Å²) in [4.78, 5) is 16.7. The van der Waals surface area contributed by atoms with Crippen molar-refractivity contribution in [2.45, 2.75) is 19.3 Å². The van der Waals surface area contributed by atoms with Gasteiger partial charge in [0.15, 0.2) is 0 Å². The number of aromatic nitrogens is 1. The molecule has 1 aromatic carbocycles. The summed E-state index contributed by atoms with van der Waals surface area (Å²) < 4.78 is 0. The molecule has 3 rings (SSSR count). The predicted octanol–water partition coefficient (Wildman–Crippen LogP) is 2.34. The Balaban J connectivity index is 1.72. The monoisotopic (exact) mass is 283 g/mol. The second kappa shape index (κ2) is 6.22. The fraction of sp³-hybridized carbons (Fsp3) is 0.412. The standard InChI is InChI=1S/C17H21N3O/c18-10-12-4-3-5-13(12)11-20-17(21)15-8-9-19-16-7-2-1-6-14(15)16/h1-2,6-9,12-13H,3-5,10-11,18H2,(H,20,21). The Morgan fingerprint density at radius 3 is 2.90 bits per heavy atom. The molecule has 0 radical (unpaired) electrons. The lowest BCUT2D eigenvalue weighted by molar-refractivity contribution is 0.0945. The van der Waals surface area contributed by atoms with Crippen molar-refractivity contribution in [2.24, 2.45) is 17.6 Å².